The Kier molecular flexibility index (Phi) is 4.61. The maximum atomic E-state index is 12.3. The predicted molar refractivity (Wildman–Crippen MR) is 89.9 cm³/mol. The van der Waals surface area contributed by atoms with E-state index < -0.39 is 6.10 Å². The summed E-state index contributed by atoms with van der Waals surface area (Å²) in [4.78, 5) is 18.3. The van der Waals surface area contributed by atoms with Crippen LogP contribution < -0.4 is 20.3 Å². The van der Waals surface area contributed by atoms with Crippen molar-refractivity contribution in [2.24, 2.45) is 0 Å². The molecule has 2 N–H and O–H groups in total. The van der Waals surface area contributed by atoms with Crippen molar-refractivity contribution in [3.05, 3.63) is 48.8 Å². The Morgan fingerprint density at radius 3 is 3.00 bits per heavy atom. The molecule has 0 bridgehead atoms. The van der Waals surface area contributed by atoms with Crippen molar-refractivity contribution in [3.63, 3.8) is 0 Å². The number of benzene rings is 1. The highest BCUT2D eigenvalue weighted by molar-refractivity contribution is 5.83. The van der Waals surface area contributed by atoms with Crippen molar-refractivity contribution >= 4 is 17.3 Å². The third-order valence-corrected chi connectivity index (χ3v) is 3.69. The van der Waals surface area contributed by atoms with Crippen LogP contribution in [0.3, 0.4) is 0 Å². The van der Waals surface area contributed by atoms with Crippen LogP contribution in [0.25, 0.3) is 0 Å². The summed E-state index contributed by atoms with van der Waals surface area (Å²) in [6, 6.07) is 11.5. The molecule has 1 aliphatic rings. The lowest BCUT2D eigenvalue weighted by Crippen LogP contribution is -2.48. The second-order valence-corrected chi connectivity index (χ2v) is 5.41. The molecule has 2 aromatic rings. The molecule has 1 aromatic heterocycles. The average molecular weight is 312 g/mol. The number of anilines is 2. The zero-order chi connectivity index (χ0) is 16.1. The van der Waals surface area contributed by atoms with E-state index in [0.29, 0.717) is 19.6 Å². The third-order valence-electron chi connectivity index (χ3n) is 3.69. The van der Waals surface area contributed by atoms with Gasteiger partial charge < -0.3 is 20.3 Å². The van der Waals surface area contributed by atoms with Gasteiger partial charge in [-0.15, -0.1) is 0 Å². The molecule has 0 saturated carbocycles. The molecular weight excluding hydrogens is 292 g/mol. The van der Waals surface area contributed by atoms with Crippen LogP contribution in [-0.2, 0) is 4.79 Å². The van der Waals surface area contributed by atoms with Crippen LogP contribution in [0.4, 0.5) is 11.4 Å². The summed E-state index contributed by atoms with van der Waals surface area (Å²) in [5.74, 6) is 0.647. The summed E-state index contributed by atoms with van der Waals surface area (Å²) < 4.78 is 5.80. The Bertz CT molecular complexity index is 663. The molecule has 1 atom stereocenters. The van der Waals surface area contributed by atoms with Crippen molar-refractivity contribution in [3.8, 4) is 5.75 Å². The number of ether oxygens (including phenoxy) is 1. The summed E-state index contributed by atoms with van der Waals surface area (Å²) in [5, 5.41) is 6.10. The maximum absolute atomic E-state index is 12.3. The Morgan fingerprint density at radius 2 is 2.17 bits per heavy atom. The molecule has 0 saturated heterocycles. The van der Waals surface area contributed by atoms with E-state index in [0.717, 1.165) is 17.1 Å². The van der Waals surface area contributed by atoms with Gasteiger partial charge in [-0.3, -0.25) is 9.78 Å². The first-order chi connectivity index (χ1) is 11.2. The van der Waals surface area contributed by atoms with Gasteiger partial charge in [0.15, 0.2) is 6.10 Å². The summed E-state index contributed by atoms with van der Waals surface area (Å²) in [7, 11) is 1.96. The molecule has 0 aliphatic carbocycles. The number of rotatable bonds is 5. The van der Waals surface area contributed by atoms with Gasteiger partial charge >= 0.3 is 0 Å². The van der Waals surface area contributed by atoms with Crippen molar-refractivity contribution in [1.82, 2.24) is 10.3 Å². The van der Waals surface area contributed by atoms with Gasteiger partial charge in [0, 0.05) is 32.5 Å². The molecule has 1 aromatic carbocycles. The molecule has 0 fully saturated rings. The second kappa shape index (κ2) is 7.00. The first kappa shape index (κ1) is 15.1. The minimum absolute atomic E-state index is 0.0978. The molecule has 3 rings (SSSR count). The van der Waals surface area contributed by atoms with E-state index in [-0.39, 0.29) is 5.91 Å². The van der Waals surface area contributed by atoms with E-state index in [1.54, 1.807) is 12.4 Å². The van der Waals surface area contributed by atoms with Gasteiger partial charge in [0.1, 0.15) is 5.75 Å². The van der Waals surface area contributed by atoms with Crippen LogP contribution in [0.15, 0.2) is 48.8 Å². The molecular formula is C17H20N4O2. The molecule has 23 heavy (non-hydrogen) atoms. The second-order valence-electron chi connectivity index (χ2n) is 5.41. The lowest BCUT2D eigenvalue weighted by atomic mass is 10.2. The minimum atomic E-state index is -0.492. The lowest BCUT2D eigenvalue weighted by molar-refractivity contribution is -0.127. The summed E-state index contributed by atoms with van der Waals surface area (Å²) >= 11 is 0. The maximum Gasteiger partial charge on any atom is 0.263 e. The van der Waals surface area contributed by atoms with Gasteiger partial charge in [0.05, 0.1) is 17.9 Å². The smallest absolute Gasteiger partial charge is 0.263 e. The zero-order valence-corrected chi connectivity index (χ0v) is 13.0. The van der Waals surface area contributed by atoms with E-state index in [1.807, 2.05) is 48.3 Å². The van der Waals surface area contributed by atoms with Crippen molar-refractivity contribution < 1.29 is 9.53 Å². The number of nitrogens with one attached hydrogen (secondary N) is 2. The number of para-hydroxylation sites is 2. The molecule has 0 radical (unpaired) electrons. The molecule has 6 nitrogen and oxygen atoms in total. The number of hydrogen-bond acceptors (Lipinski definition) is 5. The number of carbonyl (C=O) groups excluding carboxylic acids is 1. The minimum Gasteiger partial charge on any atom is -0.477 e. The Balaban J connectivity index is 1.48. The molecule has 0 spiro atoms. The Labute approximate surface area is 135 Å². The number of hydrogen-bond donors (Lipinski definition) is 2. The van der Waals surface area contributed by atoms with Crippen LogP contribution in [0.2, 0.25) is 0 Å². The Morgan fingerprint density at radius 1 is 1.30 bits per heavy atom. The number of likely N-dealkylation sites (N-methyl/N-ethyl adjacent to an activating group) is 1. The summed E-state index contributed by atoms with van der Waals surface area (Å²) in [6.07, 6.45) is 2.98. The van der Waals surface area contributed by atoms with E-state index in [1.165, 1.54) is 0 Å². The van der Waals surface area contributed by atoms with Gasteiger partial charge in [-0.1, -0.05) is 12.1 Å². The normalized spacial score (nSPS) is 16.2. The van der Waals surface area contributed by atoms with E-state index >= 15 is 0 Å². The Hall–Kier alpha value is -2.76. The van der Waals surface area contributed by atoms with Gasteiger partial charge in [0.25, 0.3) is 5.91 Å². The highest BCUT2D eigenvalue weighted by Gasteiger charge is 2.28. The number of aromatic nitrogens is 1. The third kappa shape index (κ3) is 3.71. The fourth-order valence-electron chi connectivity index (χ4n) is 2.52. The first-order valence-corrected chi connectivity index (χ1v) is 7.62. The molecule has 1 amide bonds. The van der Waals surface area contributed by atoms with Crippen LogP contribution >= 0.6 is 0 Å². The fraction of sp³-hybridized carbons (Fsp3) is 0.294. The highest BCUT2D eigenvalue weighted by Crippen LogP contribution is 2.31. The predicted octanol–water partition coefficient (Wildman–Crippen LogP) is 1.51. The standard InChI is InChI=1S/C17H20N4O2/c1-21-12-16(23-15-7-3-2-6-14(15)21)17(22)20-10-9-19-13-5-4-8-18-11-13/h2-8,11,16,19H,9-10,12H2,1H3,(H,20,22)/t16-/m1/s1. The lowest BCUT2D eigenvalue weighted by Gasteiger charge is -2.32. The van der Waals surface area contributed by atoms with Gasteiger partial charge in [0.2, 0.25) is 0 Å². The van der Waals surface area contributed by atoms with Crippen molar-refractivity contribution in [2.45, 2.75) is 6.10 Å². The molecule has 1 aliphatic heterocycles. The van der Waals surface area contributed by atoms with Gasteiger partial charge in [-0.2, -0.15) is 0 Å². The monoisotopic (exact) mass is 312 g/mol. The van der Waals surface area contributed by atoms with Gasteiger partial charge in [-0.25, -0.2) is 0 Å². The number of amides is 1. The van der Waals surface area contributed by atoms with Crippen molar-refractivity contribution in [1.29, 1.82) is 0 Å². The molecule has 120 valence electrons. The van der Waals surface area contributed by atoms with E-state index in [9.17, 15) is 4.79 Å². The van der Waals surface area contributed by atoms with E-state index in [4.69, 9.17) is 4.74 Å². The van der Waals surface area contributed by atoms with Crippen LogP contribution in [0.5, 0.6) is 5.75 Å². The molecule has 6 heteroatoms. The van der Waals surface area contributed by atoms with Crippen LogP contribution in [-0.4, -0.2) is 43.7 Å². The fourth-order valence-corrected chi connectivity index (χ4v) is 2.52. The first-order valence-electron chi connectivity index (χ1n) is 7.62. The number of nitrogens with zero attached hydrogens (tertiary/aromatic N) is 2. The number of fused-ring (bicyclic) bond motifs is 1. The SMILES string of the molecule is CN1C[C@H](C(=O)NCCNc2cccnc2)Oc2ccccc21. The van der Waals surface area contributed by atoms with E-state index in [2.05, 4.69) is 15.6 Å². The average Bonchev–Trinajstić information content (AvgIpc) is 2.59. The summed E-state index contributed by atoms with van der Waals surface area (Å²) in [5.41, 5.74) is 1.94. The number of carbonyl (C=O) groups is 1. The number of pyridine rings is 1. The molecule has 0 unspecified atom stereocenters. The highest BCUT2D eigenvalue weighted by atomic mass is 16.5. The topological polar surface area (TPSA) is 66.5 Å². The van der Waals surface area contributed by atoms with Crippen molar-refractivity contribution in [2.75, 3.05) is 36.9 Å². The van der Waals surface area contributed by atoms with Gasteiger partial charge in [-0.05, 0) is 24.3 Å². The summed E-state index contributed by atoms with van der Waals surface area (Å²) in [6.45, 7) is 1.70. The van der Waals surface area contributed by atoms with Crippen LogP contribution in [0.1, 0.15) is 0 Å². The quantitative estimate of drug-likeness (QED) is 0.819. The van der Waals surface area contributed by atoms with Crippen LogP contribution in [0, 0.1) is 0 Å². The largest absolute Gasteiger partial charge is 0.477 e. The zero-order valence-electron chi connectivity index (χ0n) is 13.0. The molecule has 2 heterocycles.